The summed E-state index contributed by atoms with van der Waals surface area (Å²) in [5.74, 6) is -4.49. The number of carbonyl (C=O) groups is 1. The van der Waals surface area contributed by atoms with Gasteiger partial charge in [0.25, 0.3) is 0 Å². The van der Waals surface area contributed by atoms with Crippen LogP contribution in [-0.4, -0.2) is 38.2 Å². The van der Waals surface area contributed by atoms with Crippen LogP contribution in [0.2, 0.25) is 0 Å². The second kappa shape index (κ2) is 8.76. The number of benzene rings is 1. The smallest absolute Gasteiger partial charge is 0.367 e. The van der Waals surface area contributed by atoms with Gasteiger partial charge in [-0.3, -0.25) is 4.79 Å². The number of fused-ring (bicyclic) bond motifs is 1. The van der Waals surface area contributed by atoms with E-state index >= 15 is 0 Å². The molecule has 1 aliphatic rings. The average molecular weight is 524 g/mol. The number of thiazole rings is 1. The Bertz CT molecular complexity index is 1430. The Balaban J connectivity index is 1.22. The number of aryl methyl sites for hydroxylation is 1. The molecule has 0 aliphatic heterocycles. The number of carbonyl (C=O) groups excluding carboxylic acids is 1. The fourth-order valence-corrected chi connectivity index (χ4v) is 4.62. The van der Waals surface area contributed by atoms with Gasteiger partial charge < -0.3 is 15.2 Å². The number of alkyl halides is 5. The Hall–Kier alpha value is -3.68. The zero-order chi connectivity index (χ0) is 25.7. The van der Waals surface area contributed by atoms with Gasteiger partial charge >= 0.3 is 12.1 Å². The number of amides is 1. The standard InChI is InChI=1S/C22H17F5N6O2S/c1-10-30-17(33-35-10)12-3-2-11-4-5-28-18(15(11)8-12)31-14-6-13(7-14)19(34)32-20-29-9-16(36-20)21(23,24)22(25,26)27/h2-5,8-9,13-14H,6-7H2,1H3,(H,28,31)(H,29,32,34)/t13-,14+. The van der Waals surface area contributed by atoms with Gasteiger partial charge in [-0.15, -0.1) is 0 Å². The van der Waals surface area contributed by atoms with E-state index in [0.717, 1.165) is 16.3 Å². The minimum Gasteiger partial charge on any atom is -0.367 e. The van der Waals surface area contributed by atoms with Gasteiger partial charge in [-0.2, -0.15) is 26.9 Å². The minimum absolute atomic E-state index is 0.0867. The number of pyridine rings is 1. The maximum absolute atomic E-state index is 13.4. The number of hydrogen-bond donors (Lipinski definition) is 2. The van der Waals surface area contributed by atoms with Crippen LogP contribution in [0.1, 0.15) is 23.6 Å². The molecular formula is C22H17F5N6O2S. The van der Waals surface area contributed by atoms with Crippen molar-refractivity contribution in [3.63, 3.8) is 0 Å². The first kappa shape index (κ1) is 24.0. The molecule has 1 aliphatic carbocycles. The van der Waals surface area contributed by atoms with Crippen LogP contribution < -0.4 is 10.6 Å². The summed E-state index contributed by atoms with van der Waals surface area (Å²) in [6.07, 6.45) is -2.82. The van der Waals surface area contributed by atoms with E-state index in [-0.39, 0.29) is 22.5 Å². The fourth-order valence-electron chi connectivity index (χ4n) is 3.81. The highest BCUT2D eigenvalue weighted by molar-refractivity contribution is 7.15. The minimum atomic E-state index is -5.74. The third kappa shape index (κ3) is 4.47. The molecule has 4 aromatic rings. The van der Waals surface area contributed by atoms with Gasteiger partial charge in [-0.1, -0.05) is 28.6 Å². The highest BCUT2D eigenvalue weighted by Crippen LogP contribution is 2.46. The predicted molar refractivity (Wildman–Crippen MR) is 121 cm³/mol. The van der Waals surface area contributed by atoms with Crippen LogP contribution in [0, 0.1) is 12.8 Å². The summed E-state index contributed by atoms with van der Waals surface area (Å²) in [6, 6.07) is 7.43. The number of nitrogens with one attached hydrogen (secondary N) is 2. The lowest BCUT2D eigenvalue weighted by Gasteiger charge is -2.35. The van der Waals surface area contributed by atoms with Crippen LogP contribution in [0.25, 0.3) is 22.2 Å². The van der Waals surface area contributed by atoms with Crippen molar-refractivity contribution < 1.29 is 31.3 Å². The summed E-state index contributed by atoms with van der Waals surface area (Å²) in [7, 11) is 0. The molecule has 36 heavy (non-hydrogen) atoms. The number of aromatic nitrogens is 4. The quantitative estimate of drug-likeness (QED) is 0.320. The molecule has 1 amide bonds. The molecule has 0 bridgehead atoms. The highest BCUT2D eigenvalue weighted by atomic mass is 32.1. The van der Waals surface area contributed by atoms with Crippen LogP contribution in [0.4, 0.5) is 32.9 Å². The van der Waals surface area contributed by atoms with Gasteiger partial charge in [0.1, 0.15) is 10.7 Å². The Labute approximate surface area is 203 Å². The zero-order valence-electron chi connectivity index (χ0n) is 18.4. The molecular weight excluding hydrogens is 507 g/mol. The van der Waals surface area contributed by atoms with Crippen LogP contribution in [0.5, 0.6) is 0 Å². The van der Waals surface area contributed by atoms with Crippen molar-refractivity contribution in [2.45, 2.75) is 37.9 Å². The van der Waals surface area contributed by atoms with E-state index in [1.807, 2.05) is 24.3 Å². The van der Waals surface area contributed by atoms with Crippen molar-refractivity contribution in [1.29, 1.82) is 0 Å². The van der Waals surface area contributed by atoms with Crippen LogP contribution in [0.15, 0.2) is 41.2 Å². The van der Waals surface area contributed by atoms with E-state index in [2.05, 4.69) is 30.7 Å². The first-order chi connectivity index (χ1) is 17.0. The van der Waals surface area contributed by atoms with E-state index in [1.165, 1.54) is 0 Å². The summed E-state index contributed by atoms with van der Waals surface area (Å²) in [4.78, 5) is 23.3. The van der Waals surface area contributed by atoms with Crippen LogP contribution in [-0.2, 0) is 10.7 Å². The molecule has 188 valence electrons. The maximum Gasteiger partial charge on any atom is 0.459 e. The molecule has 0 saturated heterocycles. The van der Waals surface area contributed by atoms with Gasteiger partial charge in [0, 0.05) is 42.2 Å². The summed E-state index contributed by atoms with van der Waals surface area (Å²) in [6.45, 7) is 1.69. The topological polar surface area (TPSA) is 106 Å². The Morgan fingerprint density at radius 3 is 2.61 bits per heavy atom. The molecule has 3 heterocycles. The van der Waals surface area contributed by atoms with E-state index in [9.17, 15) is 26.7 Å². The third-order valence-electron chi connectivity index (χ3n) is 5.80. The predicted octanol–water partition coefficient (Wildman–Crippen LogP) is 5.53. The molecule has 5 rings (SSSR count). The second-order valence-corrected chi connectivity index (χ2v) is 9.36. The lowest BCUT2D eigenvalue weighted by molar-refractivity contribution is -0.287. The largest absolute Gasteiger partial charge is 0.459 e. The average Bonchev–Trinajstić information content (AvgIpc) is 3.44. The van der Waals surface area contributed by atoms with Crippen molar-refractivity contribution in [2.75, 3.05) is 10.6 Å². The van der Waals surface area contributed by atoms with Gasteiger partial charge in [-0.05, 0) is 30.4 Å². The van der Waals surface area contributed by atoms with E-state index in [0.29, 0.717) is 36.6 Å². The molecule has 14 heteroatoms. The van der Waals surface area contributed by atoms with E-state index in [1.54, 1.807) is 13.1 Å². The number of hydrogen-bond acceptors (Lipinski definition) is 8. The van der Waals surface area contributed by atoms with E-state index < -0.39 is 28.8 Å². The molecule has 0 radical (unpaired) electrons. The Morgan fingerprint density at radius 2 is 1.92 bits per heavy atom. The SMILES string of the molecule is Cc1nc(-c2ccc3ccnc(N[C@H]4C[C@@H](C(=O)Nc5ncc(C(F)(F)C(F)(F)F)s5)C4)c3c2)no1. The maximum atomic E-state index is 13.4. The van der Waals surface area contributed by atoms with Crippen molar-refractivity contribution >= 4 is 39.0 Å². The summed E-state index contributed by atoms with van der Waals surface area (Å²) < 4.78 is 69.5. The van der Waals surface area contributed by atoms with Gasteiger partial charge in [0.2, 0.25) is 17.6 Å². The summed E-state index contributed by atoms with van der Waals surface area (Å²) in [5.41, 5.74) is 0.750. The van der Waals surface area contributed by atoms with Crippen molar-refractivity contribution in [3.8, 4) is 11.4 Å². The zero-order valence-corrected chi connectivity index (χ0v) is 19.3. The molecule has 3 aromatic heterocycles. The molecule has 0 unspecified atom stereocenters. The van der Waals surface area contributed by atoms with Crippen LogP contribution >= 0.6 is 11.3 Å². The normalized spacial score (nSPS) is 18.2. The fraction of sp³-hybridized carbons (Fsp3) is 0.318. The number of rotatable bonds is 6. The van der Waals surface area contributed by atoms with Crippen molar-refractivity contribution in [3.05, 3.63) is 47.4 Å². The van der Waals surface area contributed by atoms with Crippen molar-refractivity contribution in [2.24, 2.45) is 5.92 Å². The molecule has 0 spiro atoms. The lowest BCUT2D eigenvalue weighted by Crippen LogP contribution is -2.42. The molecule has 2 N–H and O–H groups in total. The number of halogens is 5. The number of anilines is 2. The molecule has 0 atom stereocenters. The molecule has 1 aromatic carbocycles. The van der Waals surface area contributed by atoms with Crippen molar-refractivity contribution in [1.82, 2.24) is 20.1 Å². The van der Waals surface area contributed by atoms with Gasteiger partial charge in [-0.25, -0.2) is 9.97 Å². The molecule has 1 fully saturated rings. The number of nitrogens with zero attached hydrogens (tertiary/aromatic N) is 4. The Morgan fingerprint density at radius 1 is 1.14 bits per heavy atom. The lowest BCUT2D eigenvalue weighted by atomic mass is 9.79. The monoisotopic (exact) mass is 524 g/mol. The summed E-state index contributed by atoms with van der Waals surface area (Å²) in [5, 5.41) is 11.0. The van der Waals surface area contributed by atoms with Crippen LogP contribution in [0.3, 0.4) is 0 Å². The first-order valence-corrected chi connectivity index (χ1v) is 11.5. The van der Waals surface area contributed by atoms with Gasteiger partial charge in [0.15, 0.2) is 5.13 Å². The molecule has 8 nitrogen and oxygen atoms in total. The molecule has 1 saturated carbocycles. The van der Waals surface area contributed by atoms with Gasteiger partial charge in [0.05, 0.1) is 0 Å². The second-order valence-electron chi connectivity index (χ2n) is 8.33. The third-order valence-corrected chi connectivity index (χ3v) is 6.79. The first-order valence-electron chi connectivity index (χ1n) is 10.7. The highest BCUT2D eigenvalue weighted by Gasteiger charge is 2.60. The Kier molecular flexibility index (Phi) is 5.85. The summed E-state index contributed by atoms with van der Waals surface area (Å²) >= 11 is 0.0972. The van der Waals surface area contributed by atoms with E-state index in [4.69, 9.17) is 4.52 Å².